The van der Waals surface area contributed by atoms with E-state index in [1.54, 1.807) is 0 Å². The quantitative estimate of drug-likeness (QED) is 0.814. The summed E-state index contributed by atoms with van der Waals surface area (Å²) in [7, 11) is 2.14. The van der Waals surface area contributed by atoms with Gasteiger partial charge in [-0.2, -0.15) is 0 Å². The van der Waals surface area contributed by atoms with Crippen molar-refractivity contribution in [1.82, 2.24) is 4.90 Å². The zero-order valence-electron chi connectivity index (χ0n) is 15.7. The summed E-state index contributed by atoms with van der Waals surface area (Å²) in [5.41, 5.74) is 2.66. The van der Waals surface area contributed by atoms with Gasteiger partial charge in [0.05, 0.1) is 13.2 Å². The number of ether oxygens (including phenoxy) is 2. The average Bonchev–Trinajstić information content (AvgIpc) is 3.18. The lowest BCUT2D eigenvalue weighted by atomic mass is 9.97. The first kappa shape index (κ1) is 17.3. The number of likely N-dealkylation sites (N-methyl/N-ethyl adjacent to an activating group) is 1. The van der Waals surface area contributed by atoms with Gasteiger partial charge in [-0.1, -0.05) is 38.0 Å². The van der Waals surface area contributed by atoms with Crippen LogP contribution in [0.2, 0.25) is 0 Å². The van der Waals surface area contributed by atoms with Gasteiger partial charge in [-0.15, -0.1) is 0 Å². The minimum Gasteiger partial charge on any atom is -0.371 e. The Morgan fingerprint density at radius 3 is 2.80 bits per heavy atom. The molecule has 0 amide bonds. The van der Waals surface area contributed by atoms with Crippen molar-refractivity contribution in [1.29, 1.82) is 0 Å². The van der Waals surface area contributed by atoms with E-state index in [1.807, 2.05) is 0 Å². The van der Waals surface area contributed by atoms with Crippen LogP contribution in [0.5, 0.6) is 0 Å². The molecule has 0 aromatic heterocycles. The highest BCUT2D eigenvalue weighted by molar-refractivity contribution is 5.55. The molecule has 0 saturated carbocycles. The molecule has 3 unspecified atom stereocenters. The van der Waals surface area contributed by atoms with E-state index in [0.717, 1.165) is 38.5 Å². The van der Waals surface area contributed by atoms with Crippen LogP contribution in [0.4, 0.5) is 5.69 Å². The zero-order valence-corrected chi connectivity index (χ0v) is 15.7. The first-order valence-corrected chi connectivity index (χ1v) is 9.99. The van der Waals surface area contributed by atoms with Gasteiger partial charge in [0.2, 0.25) is 0 Å². The molecular weight excluding hydrogens is 312 g/mol. The minimum atomic E-state index is -0.378. The highest BCUT2D eigenvalue weighted by atomic mass is 16.7. The van der Waals surface area contributed by atoms with Crippen LogP contribution in [-0.2, 0) is 9.47 Å². The lowest BCUT2D eigenvalue weighted by Crippen LogP contribution is -2.33. The molecule has 0 bridgehead atoms. The topological polar surface area (TPSA) is 24.9 Å². The first-order valence-electron chi connectivity index (χ1n) is 9.99. The van der Waals surface area contributed by atoms with Crippen molar-refractivity contribution in [3.63, 3.8) is 0 Å². The first-order chi connectivity index (χ1) is 12.2. The molecule has 0 N–H and O–H groups in total. The van der Waals surface area contributed by atoms with Crippen LogP contribution in [0.1, 0.15) is 50.7 Å². The van der Waals surface area contributed by atoms with Crippen LogP contribution in [0.15, 0.2) is 24.3 Å². The molecule has 3 fully saturated rings. The Hall–Kier alpha value is -1.10. The van der Waals surface area contributed by atoms with Gasteiger partial charge in [0.25, 0.3) is 0 Å². The Kier molecular flexibility index (Phi) is 5.03. The number of nitrogens with zero attached hydrogens (tertiary/aromatic N) is 2. The van der Waals surface area contributed by atoms with E-state index in [2.05, 4.69) is 48.0 Å². The molecular formula is C21H32N2O2. The van der Waals surface area contributed by atoms with Gasteiger partial charge in [0.15, 0.2) is 5.79 Å². The molecule has 138 valence electrons. The van der Waals surface area contributed by atoms with E-state index >= 15 is 0 Å². The van der Waals surface area contributed by atoms with Gasteiger partial charge in [-0.25, -0.2) is 0 Å². The summed E-state index contributed by atoms with van der Waals surface area (Å²) < 4.78 is 12.6. The Bertz CT molecular complexity index is 593. The van der Waals surface area contributed by atoms with Gasteiger partial charge in [0.1, 0.15) is 6.10 Å². The van der Waals surface area contributed by atoms with Crippen molar-refractivity contribution in [3.8, 4) is 0 Å². The van der Waals surface area contributed by atoms with E-state index in [1.165, 1.54) is 36.9 Å². The second-order valence-corrected chi connectivity index (χ2v) is 8.25. The summed E-state index contributed by atoms with van der Waals surface area (Å²) in [6.45, 7) is 7.31. The van der Waals surface area contributed by atoms with Gasteiger partial charge >= 0.3 is 0 Å². The molecule has 1 aromatic rings. The summed E-state index contributed by atoms with van der Waals surface area (Å²) in [6.07, 6.45) is 6.33. The molecule has 25 heavy (non-hydrogen) atoms. The third kappa shape index (κ3) is 3.71. The Labute approximate surface area is 152 Å². The number of hydrogen-bond donors (Lipinski definition) is 0. The smallest absolute Gasteiger partial charge is 0.183 e. The van der Waals surface area contributed by atoms with Crippen molar-refractivity contribution in [2.75, 3.05) is 44.7 Å². The van der Waals surface area contributed by atoms with E-state index in [0.29, 0.717) is 6.61 Å². The van der Waals surface area contributed by atoms with Crippen LogP contribution in [0, 0.1) is 5.92 Å². The molecule has 4 rings (SSSR count). The minimum absolute atomic E-state index is 0.0607. The number of hydrogen-bond acceptors (Lipinski definition) is 4. The molecule has 4 heteroatoms. The van der Waals surface area contributed by atoms with Crippen LogP contribution < -0.4 is 4.90 Å². The van der Waals surface area contributed by atoms with Crippen LogP contribution >= 0.6 is 0 Å². The summed E-state index contributed by atoms with van der Waals surface area (Å²) in [4.78, 5) is 4.88. The SMILES string of the molecule is CC1CCCCN(c2ccccc2C2COC3(CCN(C)C3)O2)CC1. The number of benzene rings is 1. The van der Waals surface area contributed by atoms with Gasteiger partial charge < -0.3 is 19.3 Å². The zero-order chi connectivity index (χ0) is 17.3. The largest absolute Gasteiger partial charge is 0.371 e. The molecule has 1 spiro atoms. The molecule has 3 atom stereocenters. The Balaban J connectivity index is 1.53. The van der Waals surface area contributed by atoms with Gasteiger partial charge in [0, 0.05) is 37.3 Å². The monoisotopic (exact) mass is 344 g/mol. The fraction of sp³-hybridized carbons (Fsp3) is 0.714. The fourth-order valence-electron chi connectivity index (χ4n) is 4.57. The highest BCUT2D eigenvalue weighted by Gasteiger charge is 2.46. The average molecular weight is 344 g/mol. The van der Waals surface area contributed by atoms with Crippen molar-refractivity contribution in [3.05, 3.63) is 29.8 Å². The molecule has 1 aromatic carbocycles. The van der Waals surface area contributed by atoms with Crippen molar-refractivity contribution >= 4 is 5.69 Å². The lowest BCUT2D eigenvalue weighted by Gasteiger charge is -2.32. The van der Waals surface area contributed by atoms with Crippen molar-refractivity contribution < 1.29 is 9.47 Å². The molecule has 3 aliphatic heterocycles. The molecule has 3 saturated heterocycles. The second-order valence-electron chi connectivity index (χ2n) is 8.25. The third-order valence-electron chi connectivity index (χ3n) is 6.13. The molecule has 3 aliphatic rings. The highest BCUT2D eigenvalue weighted by Crippen LogP contribution is 2.41. The summed E-state index contributed by atoms with van der Waals surface area (Å²) in [5, 5.41) is 0. The van der Waals surface area contributed by atoms with Gasteiger partial charge in [-0.05, 0) is 31.9 Å². The predicted octanol–water partition coefficient (Wildman–Crippen LogP) is 3.82. The van der Waals surface area contributed by atoms with Gasteiger partial charge in [-0.3, -0.25) is 0 Å². The summed E-state index contributed by atoms with van der Waals surface area (Å²) in [5.74, 6) is 0.454. The van der Waals surface area contributed by atoms with E-state index in [-0.39, 0.29) is 11.9 Å². The Morgan fingerprint density at radius 1 is 1.08 bits per heavy atom. The van der Waals surface area contributed by atoms with Crippen molar-refractivity contribution in [2.45, 2.75) is 50.9 Å². The van der Waals surface area contributed by atoms with Crippen LogP contribution in [-0.4, -0.2) is 50.5 Å². The number of para-hydroxylation sites is 1. The van der Waals surface area contributed by atoms with E-state index in [9.17, 15) is 0 Å². The predicted molar refractivity (Wildman–Crippen MR) is 101 cm³/mol. The second kappa shape index (κ2) is 7.26. The fourth-order valence-corrected chi connectivity index (χ4v) is 4.57. The summed E-state index contributed by atoms with van der Waals surface area (Å²) in [6, 6.07) is 8.82. The molecule has 3 heterocycles. The maximum atomic E-state index is 6.48. The number of anilines is 1. The van der Waals surface area contributed by atoms with Crippen LogP contribution in [0.25, 0.3) is 0 Å². The lowest BCUT2D eigenvalue weighted by molar-refractivity contribution is -0.156. The number of likely N-dealkylation sites (tertiary alicyclic amines) is 1. The molecule has 0 radical (unpaired) electrons. The van der Waals surface area contributed by atoms with Crippen LogP contribution in [0.3, 0.4) is 0 Å². The molecule has 4 nitrogen and oxygen atoms in total. The third-order valence-corrected chi connectivity index (χ3v) is 6.13. The van der Waals surface area contributed by atoms with E-state index < -0.39 is 0 Å². The normalized spacial score (nSPS) is 34.4. The van der Waals surface area contributed by atoms with Crippen molar-refractivity contribution in [2.24, 2.45) is 5.92 Å². The standard InChI is InChI=1S/C21H32N2O2/c1-17-7-5-6-12-23(13-10-17)19-9-4-3-8-18(19)20-15-24-21(25-20)11-14-22(2)16-21/h3-4,8-9,17,20H,5-7,10-16H2,1-2H3. The van der Waals surface area contributed by atoms with E-state index in [4.69, 9.17) is 9.47 Å². The maximum absolute atomic E-state index is 6.48. The molecule has 0 aliphatic carbocycles. The Morgan fingerprint density at radius 2 is 1.96 bits per heavy atom. The number of rotatable bonds is 2. The maximum Gasteiger partial charge on any atom is 0.183 e. The summed E-state index contributed by atoms with van der Waals surface area (Å²) >= 11 is 0.